The molecule has 1 rings (SSSR count). The minimum atomic E-state index is -0.977. The predicted octanol–water partition coefficient (Wildman–Crippen LogP) is 2.90. The number of aliphatic hydroxyl groups is 3. The third-order valence-corrected chi connectivity index (χ3v) is 4.47. The van der Waals surface area contributed by atoms with Crippen molar-refractivity contribution in [1.29, 1.82) is 0 Å². The van der Waals surface area contributed by atoms with Crippen molar-refractivity contribution >= 4 is 5.97 Å². The Morgan fingerprint density at radius 3 is 2.36 bits per heavy atom. The first-order valence-corrected chi connectivity index (χ1v) is 9.98. The zero-order valence-corrected chi connectivity index (χ0v) is 16.6. The molecular weight excluding hydrogens is 360 g/mol. The molecule has 5 atom stereocenters. The quantitative estimate of drug-likeness (QED) is 0.358. The summed E-state index contributed by atoms with van der Waals surface area (Å²) in [6, 6.07) is 0. The van der Waals surface area contributed by atoms with Gasteiger partial charge in [0.15, 0.2) is 0 Å². The van der Waals surface area contributed by atoms with Crippen molar-refractivity contribution in [2.75, 3.05) is 0 Å². The van der Waals surface area contributed by atoms with E-state index in [2.05, 4.69) is 31.2 Å². The van der Waals surface area contributed by atoms with Gasteiger partial charge in [-0.25, -0.2) is 0 Å². The molecule has 0 radical (unpaired) electrons. The van der Waals surface area contributed by atoms with Crippen LogP contribution >= 0.6 is 0 Å². The van der Waals surface area contributed by atoms with E-state index in [4.69, 9.17) is 9.84 Å². The van der Waals surface area contributed by atoms with Gasteiger partial charge in [-0.1, -0.05) is 55.5 Å². The Hall–Kier alpha value is -1.73. The van der Waals surface area contributed by atoms with Gasteiger partial charge < -0.3 is 25.2 Å². The van der Waals surface area contributed by atoms with Crippen LogP contribution in [0.1, 0.15) is 51.9 Å². The molecule has 0 bridgehead atoms. The molecular formula is C22H34O6. The number of carboxylic acid groups (broad SMARTS) is 1. The summed E-state index contributed by atoms with van der Waals surface area (Å²) < 4.78 is 5.73. The van der Waals surface area contributed by atoms with Crippen LogP contribution in [-0.4, -0.2) is 56.9 Å². The number of ether oxygens (including phenoxy) is 1. The predicted molar refractivity (Wildman–Crippen MR) is 109 cm³/mol. The van der Waals surface area contributed by atoms with Crippen molar-refractivity contribution in [3.05, 3.63) is 48.6 Å². The molecule has 0 aromatic carbocycles. The lowest BCUT2D eigenvalue weighted by molar-refractivity contribution is -0.137. The third kappa shape index (κ3) is 10.6. The monoisotopic (exact) mass is 394 g/mol. The number of hydrogen-bond donors (Lipinski definition) is 4. The number of carboxylic acids is 1. The number of rotatable bonds is 13. The lowest BCUT2D eigenvalue weighted by Crippen LogP contribution is -2.24. The average molecular weight is 395 g/mol. The Morgan fingerprint density at radius 2 is 1.71 bits per heavy atom. The second kappa shape index (κ2) is 14.3. The molecule has 0 spiro atoms. The summed E-state index contributed by atoms with van der Waals surface area (Å²) in [5.74, 6) is -0.977. The van der Waals surface area contributed by atoms with Crippen molar-refractivity contribution in [3.63, 3.8) is 0 Å². The molecule has 0 unspecified atom stereocenters. The van der Waals surface area contributed by atoms with Crippen molar-refractivity contribution in [2.24, 2.45) is 0 Å². The molecule has 6 nitrogen and oxygen atoms in total. The van der Waals surface area contributed by atoms with Crippen LogP contribution in [0.2, 0.25) is 0 Å². The number of carbonyl (C=O) groups is 1. The maximum absolute atomic E-state index is 10.5. The molecule has 0 aromatic heterocycles. The molecule has 0 aromatic rings. The van der Waals surface area contributed by atoms with Gasteiger partial charge in [0, 0.05) is 12.8 Å². The maximum atomic E-state index is 10.5. The molecule has 6 heteroatoms. The normalized spacial score (nSPS) is 25.5. The molecule has 4 N–H and O–H groups in total. The average Bonchev–Trinajstić information content (AvgIpc) is 3.03. The zero-order chi connectivity index (χ0) is 20.8. The smallest absolute Gasteiger partial charge is 0.303 e. The minimum absolute atomic E-state index is 0.0868. The van der Waals surface area contributed by atoms with Gasteiger partial charge in [0.25, 0.3) is 0 Å². The van der Waals surface area contributed by atoms with Crippen molar-refractivity contribution < 1.29 is 30.0 Å². The molecule has 158 valence electrons. The number of allylic oxidation sites excluding steroid dienone is 5. The Bertz CT molecular complexity index is 551. The van der Waals surface area contributed by atoms with Gasteiger partial charge >= 0.3 is 5.97 Å². The van der Waals surface area contributed by atoms with Crippen LogP contribution in [0.3, 0.4) is 0 Å². The van der Waals surface area contributed by atoms with Gasteiger partial charge in [-0.3, -0.25) is 4.79 Å². The molecule has 1 fully saturated rings. The van der Waals surface area contributed by atoms with Crippen molar-refractivity contribution in [3.8, 4) is 0 Å². The largest absolute Gasteiger partial charge is 0.481 e. The van der Waals surface area contributed by atoms with Crippen LogP contribution in [0.15, 0.2) is 48.6 Å². The highest BCUT2D eigenvalue weighted by molar-refractivity contribution is 5.66. The summed E-state index contributed by atoms with van der Waals surface area (Å²) in [4.78, 5) is 10.5. The summed E-state index contributed by atoms with van der Waals surface area (Å²) in [7, 11) is 0. The molecule has 0 saturated carbocycles. The molecule has 0 amide bonds. The lowest BCUT2D eigenvalue weighted by atomic mass is 10.0. The van der Waals surface area contributed by atoms with Gasteiger partial charge in [0.05, 0.1) is 30.5 Å². The van der Waals surface area contributed by atoms with Crippen LogP contribution in [0.25, 0.3) is 0 Å². The molecule has 0 aliphatic carbocycles. The van der Waals surface area contributed by atoms with Crippen LogP contribution in [-0.2, 0) is 9.53 Å². The minimum Gasteiger partial charge on any atom is -0.481 e. The highest BCUT2D eigenvalue weighted by atomic mass is 16.5. The van der Waals surface area contributed by atoms with Crippen LogP contribution < -0.4 is 0 Å². The summed E-state index contributed by atoms with van der Waals surface area (Å²) >= 11 is 0. The SMILES string of the molecule is CC/C=C\C/C=C\C/C=C\C[C@H]1O[C@@H]([C@H](O)/C=C/[C@@H](O)CCC(=O)O)C[C@H]1O. The van der Waals surface area contributed by atoms with Crippen LogP contribution in [0, 0.1) is 0 Å². The first kappa shape index (κ1) is 24.3. The molecule has 1 heterocycles. The van der Waals surface area contributed by atoms with Gasteiger partial charge in [-0.2, -0.15) is 0 Å². The topological polar surface area (TPSA) is 107 Å². The number of aliphatic carboxylic acids is 1. The van der Waals surface area contributed by atoms with Gasteiger partial charge in [-0.15, -0.1) is 0 Å². The summed E-state index contributed by atoms with van der Waals surface area (Å²) in [5, 5.41) is 38.5. The second-order valence-corrected chi connectivity index (χ2v) is 6.92. The van der Waals surface area contributed by atoms with E-state index in [1.54, 1.807) is 0 Å². The third-order valence-electron chi connectivity index (χ3n) is 4.47. The maximum Gasteiger partial charge on any atom is 0.303 e. The number of aliphatic hydroxyl groups excluding tert-OH is 3. The molecule has 1 aliphatic rings. The summed E-state index contributed by atoms with van der Waals surface area (Å²) in [5.41, 5.74) is 0. The van der Waals surface area contributed by atoms with Crippen LogP contribution in [0.4, 0.5) is 0 Å². The first-order valence-electron chi connectivity index (χ1n) is 9.98. The van der Waals surface area contributed by atoms with Crippen molar-refractivity contribution in [2.45, 2.75) is 82.4 Å². The standard InChI is InChI=1S/C22H34O6/c1-2-3-4-5-6-7-8-9-10-11-20-19(25)16-21(28-20)18(24)14-12-17(23)13-15-22(26)27/h3-4,6-7,9-10,12,14,17-21,23-25H,2,5,8,11,13,15-16H2,1H3,(H,26,27)/b4-3-,7-6-,10-9-,14-12+/t17-,18-,19-,20-,21-/m1/s1. The highest BCUT2D eigenvalue weighted by Gasteiger charge is 2.36. The van der Waals surface area contributed by atoms with Crippen molar-refractivity contribution in [1.82, 2.24) is 0 Å². The van der Waals surface area contributed by atoms with E-state index < -0.39 is 30.4 Å². The molecule has 1 aliphatic heterocycles. The summed E-state index contributed by atoms with van der Waals surface area (Å²) in [6.45, 7) is 2.11. The van der Waals surface area contributed by atoms with E-state index in [0.29, 0.717) is 12.8 Å². The fourth-order valence-corrected chi connectivity index (χ4v) is 2.87. The van der Waals surface area contributed by atoms with E-state index in [0.717, 1.165) is 19.3 Å². The Morgan fingerprint density at radius 1 is 1.07 bits per heavy atom. The lowest BCUT2D eigenvalue weighted by Gasteiger charge is -2.16. The van der Waals surface area contributed by atoms with Gasteiger partial charge in [0.2, 0.25) is 0 Å². The number of hydrogen-bond acceptors (Lipinski definition) is 5. The van der Waals surface area contributed by atoms with Gasteiger partial charge in [0.1, 0.15) is 0 Å². The Kier molecular flexibility index (Phi) is 12.4. The highest BCUT2D eigenvalue weighted by Crippen LogP contribution is 2.26. The van der Waals surface area contributed by atoms with Gasteiger partial charge in [-0.05, 0) is 32.1 Å². The fraction of sp³-hybridized carbons (Fsp3) is 0.591. The summed E-state index contributed by atoms with van der Waals surface area (Å²) in [6.07, 6.45) is 15.5. The van der Waals surface area contributed by atoms with E-state index in [1.807, 2.05) is 12.2 Å². The van der Waals surface area contributed by atoms with Crippen LogP contribution in [0.5, 0.6) is 0 Å². The molecule has 28 heavy (non-hydrogen) atoms. The Balaban J connectivity index is 2.32. The van der Waals surface area contributed by atoms with E-state index in [-0.39, 0.29) is 18.9 Å². The fourth-order valence-electron chi connectivity index (χ4n) is 2.87. The first-order chi connectivity index (χ1) is 13.4. The van der Waals surface area contributed by atoms with E-state index in [1.165, 1.54) is 12.2 Å². The van der Waals surface area contributed by atoms with E-state index >= 15 is 0 Å². The molecule has 1 saturated heterocycles. The van der Waals surface area contributed by atoms with E-state index in [9.17, 15) is 20.1 Å². The zero-order valence-electron chi connectivity index (χ0n) is 16.6. The Labute approximate surface area is 167 Å². The second-order valence-electron chi connectivity index (χ2n) is 6.92.